The van der Waals surface area contributed by atoms with E-state index >= 15 is 0 Å². The number of thioether (sulfide) groups is 2. The topological polar surface area (TPSA) is 35.9 Å². The summed E-state index contributed by atoms with van der Waals surface area (Å²) in [5, 5.41) is 2.44. The van der Waals surface area contributed by atoms with Crippen LogP contribution in [0, 0.1) is 6.92 Å². The lowest BCUT2D eigenvalue weighted by atomic mass is 9.96. The van der Waals surface area contributed by atoms with Gasteiger partial charge in [-0.2, -0.15) is 0 Å². The molecule has 1 saturated heterocycles. The van der Waals surface area contributed by atoms with Gasteiger partial charge in [0.15, 0.2) is 5.17 Å². The van der Waals surface area contributed by atoms with Crippen LogP contribution >= 0.6 is 35.1 Å². The van der Waals surface area contributed by atoms with Crippen LogP contribution in [-0.2, 0) is 4.79 Å². The summed E-state index contributed by atoms with van der Waals surface area (Å²) in [6.07, 6.45) is 5.92. The predicted octanol–water partition coefficient (Wildman–Crippen LogP) is 6.83. The number of hydrogen-bond donors (Lipinski definition) is 0. The van der Waals surface area contributed by atoms with Gasteiger partial charge in [-0.15, -0.1) is 0 Å². The maximum Gasteiger partial charge on any atom is 0.274 e. The lowest BCUT2D eigenvalue weighted by Crippen LogP contribution is -2.30. The lowest BCUT2D eigenvalue weighted by molar-refractivity contribution is -0.113. The third-order valence-corrected chi connectivity index (χ3v) is 8.57. The van der Waals surface area contributed by atoms with Gasteiger partial charge in [0, 0.05) is 17.0 Å². The average molecular weight is 470 g/mol. The van der Waals surface area contributed by atoms with Gasteiger partial charge in [0.05, 0.1) is 22.4 Å². The monoisotopic (exact) mass is 469 g/mol. The second-order valence-electron chi connectivity index (χ2n) is 8.19. The van der Waals surface area contributed by atoms with Crippen LogP contribution in [0.4, 0.5) is 11.4 Å². The van der Waals surface area contributed by atoms with Gasteiger partial charge in [0.25, 0.3) is 5.91 Å². The number of carbonyl (C=O) groups excluding carboxylic acids is 1. The molecule has 5 rings (SSSR count). The van der Waals surface area contributed by atoms with E-state index in [1.807, 2.05) is 49.5 Å². The van der Waals surface area contributed by atoms with Gasteiger partial charge in [-0.25, -0.2) is 0 Å². The smallest absolute Gasteiger partial charge is 0.274 e. The number of aliphatic imine (C=N–C) groups is 1. The van der Waals surface area contributed by atoms with Gasteiger partial charge in [0.2, 0.25) is 0 Å². The number of amidine groups is 1. The number of benzene rings is 2. The van der Waals surface area contributed by atoms with Crippen molar-refractivity contribution < 1.29 is 4.79 Å². The van der Waals surface area contributed by atoms with E-state index in [0.29, 0.717) is 11.1 Å². The van der Waals surface area contributed by atoms with Gasteiger partial charge in [-0.1, -0.05) is 60.3 Å². The second kappa shape index (κ2) is 8.57. The first-order valence-corrected chi connectivity index (χ1v) is 12.6. The van der Waals surface area contributed by atoms with Crippen LogP contribution < -0.4 is 9.80 Å². The van der Waals surface area contributed by atoms with Crippen LogP contribution in [-0.4, -0.2) is 24.2 Å². The first-order chi connectivity index (χ1) is 15.0. The van der Waals surface area contributed by atoms with Gasteiger partial charge in [0.1, 0.15) is 4.91 Å². The zero-order valence-corrected chi connectivity index (χ0v) is 20.0. The SMILES string of the molecule is Cc1ccc(N2C(=O)/C(=C3/Sc4ccc(Cl)cc4N3C)SC2=NC2CCCCC2)cc1. The molecule has 0 spiro atoms. The molecule has 0 unspecified atom stereocenters. The Morgan fingerprint density at radius 1 is 1.03 bits per heavy atom. The molecule has 160 valence electrons. The van der Waals surface area contributed by atoms with Crippen molar-refractivity contribution in [1.82, 2.24) is 0 Å². The van der Waals surface area contributed by atoms with E-state index in [0.717, 1.165) is 44.2 Å². The Hall–Kier alpha value is -1.89. The highest BCUT2D eigenvalue weighted by Crippen LogP contribution is 2.51. The number of halogens is 1. The summed E-state index contributed by atoms with van der Waals surface area (Å²) in [6, 6.07) is 14.3. The molecule has 4 nitrogen and oxygen atoms in total. The zero-order chi connectivity index (χ0) is 21.5. The first kappa shape index (κ1) is 21.0. The Morgan fingerprint density at radius 2 is 1.77 bits per heavy atom. The lowest BCUT2D eigenvalue weighted by Gasteiger charge is -2.21. The number of anilines is 2. The van der Waals surface area contributed by atoms with Gasteiger partial charge in [-0.3, -0.25) is 14.7 Å². The van der Waals surface area contributed by atoms with E-state index in [1.54, 1.807) is 16.7 Å². The fourth-order valence-electron chi connectivity index (χ4n) is 4.20. The molecule has 1 aliphatic carbocycles. The summed E-state index contributed by atoms with van der Waals surface area (Å²) in [4.78, 5) is 24.5. The molecule has 0 bridgehead atoms. The van der Waals surface area contributed by atoms with E-state index in [1.165, 1.54) is 36.6 Å². The average Bonchev–Trinajstić information content (AvgIpc) is 3.26. The van der Waals surface area contributed by atoms with Crippen molar-refractivity contribution in [1.29, 1.82) is 0 Å². The number of carbonyl (C=O) groups is 1. The molecule has 0 aromatic heterocycles. The maximum atomic E-state index is 13.7. The molecular formula is C24H24ClN3OS2. The molecule has 3 aliphatic rings. The fraction of sp³-hybridized carbons (Fsp3) is 0.333. The third-order valence-electron chi connectivity index (χ3n) is 5.93. The van der Waals surface area contributed by atoms with Crippen LogP contribution in [0.5, 0.6) is 0 Å². The van der Waals surface area contributed by atoms with Crippen LogP contribution in [0.1, 0.15) is 37.7 Å². The van der Waals surface area contributed by atoms with E-state index in [9.17, 15) is 4.79 Å². The minimum absolute atomic E-state index is 0.00309. The molecule has 0 N–H and O–H groups in total. The molecule has 7 heteroatoms. The second-order valence-corrected chi connectivity index (χ2v) is 10.6. The van der Waals surface area contributed by atoms with Gasteiger partial charge < -0.3 is 4.90 Å². The number of rotatable bonds is 2. The van der Waals surface area contributed by atoms with Gasteiger partial charge >= 0.3 is 0 Å². The first-order valence-electron chi connectivity index (χ1n) is 10.6. The summed E-state index contributed by atoms with van der Waals surface area (Å²) >= 11 is 9.35. The van der Waals surface area contributed by atoms with Crippen molar-refractivity contribution in [3.8, 4) is 0 Å². The van der Waals surface area contributed by atoms with E-state index in [2.05, 4.69) is 11.8 Å². The highest BCUT2D eigenvalue weighted by molar-refractivity contribution is 8.20. The Kier molecular flexibility index (Phi) is 5.80. The van der Waals surface area contributed by atoms with Crippen LogP contribution in [0.25, 0.3) is 0 Å². The third kappa shape index (κ3) is 4.01. The van der Waals surface area contributed by atoms with Crippen molar-refractivity contribution in [2.75, 3.05) is 16.8 Å². The molecule has 2 aromatic carbocycles. The molecular weight excluding hydrogens is 446 g/mol. The number of hydrogen-bond acceptors (Lipinski definition) is 5. The molecule has 1 amide bonds. The van der Waals surface area contributed by atoms with Crippen molar-refractivity contribution in [3.05, 3.63) is 63.0 Å². The molecule has 2 fully saturated rings. The highest BCUT2D eigenvalue weighted by atomic mass is 35.5. The van der Waals surface area contributed by atoms with E-state index in [-0.39, 0.29) is 5.91 Å². The Morgan fingerprint density at radius 3 is 2.52 bits per heavy atom. The quantitative estimate of drug-likeness (QED) is 0.451. The number of amides is 1. The van der Waals surface area contributed by atoms with Crippen LogP contribution in [0.15, 0.2) is 62.3 Å². The fourth-order valence-corrected chi connectivity index (χ4v) is 6.74. The normalized spacial score (nSPS) is 23.2. The summed E-state index contributed by atoms with van der Waals surface area (Å²) in [6.45, 7) is 2.06. The Labute approximate surface area is 196 Å². The van der Waals surface area contributed by atoms with E-state index in [4.69, 9.17) is 16.6 Å². The predicted molar refractivity (Wildman–Crippen MR) is 133 cm³/mol. The zero-order valence-electron chi connectivity index (χ0n) is 17.6. The van der Waals surface area contributed by atoms with Crippen molar-refractivity contribution in [2.45, 2.75) is 50.0 Å². The van der Waals surface area contributed by atoms with E-state index < -0.39 is 0 Å². The molecule has 2 aliphatic heterocycles. The van der Waals surface area contributed by atoms with Crippen molar-refractivity contribution in [2.24, 2.45) is 4.99 Å². The number of fused-ring (bicyclic) bond motifs is 1. The van der Waals surface area contributed by atoms with Crippen LogP contribution in [0.2, 0.25) is 5.02 Å². The molecule has 0 radical (unpaired) electrons. The molecule has 31 heavy (non-hydrogen) atoms. The standard InChI is InChI=1S/C24H24ClN3OS2/c1-15-8-11-18(12-9-15)28-22(29)21(31-24(28)26-17-6-4-3-5-7-17)23-27(2)19-14-16(25)10-13-20(19)30-23/h8-14,17H,3-7H2,1-2H3/b23-21-,26-24?. The highest BCUT2D eigenvalue weighted by Gasteiger charge is 2.40. The number of aryl methyl sites for hydroxylation is 1. The summed E-state index contributed by atoms with van der Waals surface area (Å²) in [7, 11) is 2.00. The van der Waals surface area contributed by atoms with Crippen LogP contribution in [0.3, 0.4) is 0 Å². The van der Waals surface area contributed by atoms with Crippen molar-refractivity contribution in [3.63, 3.8) is 0 Å². The van der Waals surface area contributed by atoms with Gasteiger partial charge in [-0.05, 0) is 61.9 Å². The molecule has 1 saturated carbocycles. The Balaban J connectivity index is 1.56. The molecule has 2 aromatic rings. The summed E-state index contributed by atoms with van der Waals surface area (Å²) < 4.78 is 0. The largest absolute Gasteiger partial charge is 0.337 e. The number of nitrogens with zero attached hydrogens (tertiary/aromatic N) is 3. The molecule has 0 atom stereocenters. The maximum absolute atomic E-state index is 13.7. The summed E-state index contributed by atoms with van der Waals surface area (Å²) in [5.41, 5.74) is 3.08. The Bertz CT molecular complexity index is 1090. The van der Waals surface area contributed by atoms with Crippen molar-refractivity contribution >= 4 is 57.6 Å². The molecule has 2 heterocycles. The minimum Gasteiger partial charge on any atom is -0.337 e. The minimum atomic E-state index is -0.00309. The summed E-state index contributed by atoms with van der Waals surface area (Å²) in [5.74, 6) is -0.00309.